The molecule has 0 aliphatic carbocycles. The van der Waals surface area contributed by atoms with Crippen molar-refractivity contribution in [1.29, 1.82) is 0 Å². The summed E-state index contributed by atoms with van der Waals surface area (Å²) in [6, 6.07) is -2.26. The lowest BCUT2D eigenvalue weighted by Gasteiger charge is -2.40. The predicted molar refractivity (Wildman–Crippen MR) is 75.3 cm³/mol. The largest absolute Gasteiger partial charge is 0.408 e. The first-order chi connectivity index (χ1) is 10.7. The van der Waals surface area contributed by atoms with Crippen LogP contribution in [0.15, 0.2) is 12.4 Å². The van der Waals surface area contributed by atoms with E-state index in [1.165, 1.54) is 17.8 Å². The summed E-state index contributed by atoms with van der Waals surface area (Å²) in [7, 11) is 1.67. The van der Waals surface area contributed by atoms with Crippen molar-refractivity contribution >= 4 is 11.8 Å². The fourth-order valence-corrected chi connectivity index (χ4v) is 2.83. The Morgan fingerprint density at radius 1 is 1.39 bits per heavy atom. The Balaban J connectivity index is 2.13. The highest BCUT2D eigenvalue weighted by Crippen LogP contribution is 2.32. The van der Waals surface area contributed by atoms with Crippen LogP contribution in [0, 0.1) is 0 Å². The first-order valence-corrected chi connectivity index (χ1v) is 7.27. The molecule has 2 rings (SSSR count). The smallest absolute Gasteiger partial charge is 0.352 e. The second-order valence-electron chi connectivity index (χ2n) is 5.78. The Kier molecular flexibility index (Phi) is 4.96. The lowest BCUT2D eigenvalue weighted by atomic mass is 9.96. The molecule has 1 fully saturated rings. The molecule has 2 heterocycles. The Labute approximate surface area is 131 Å². The first-order valence-electron chi connectivity index (χ1n) is 7.27. The summed E-state index contributed by atoms with van der Waals surface area (Å²) >= 11 is 0. The van der Waals surface area contributed by atoms with Gasteiger partial charge in [0.15, 0.2) is 0 Å². The van der Waals surface area contributed by atoms with E-state index in [4.69, 9.17) is 0 Å². The number of alkyl halides is 3. The van der Waals surface area contributed by atoms with Crippen molar-refractivity contribution in [3.05, 3.63) is 18.0 Å². The highest BCUT2D eigenvalue weighted by atomic mass is 19.4. The minimum absolute atomic E-state index is 0.136. The summed E-state index contributed by atoms with van der Waals surface area (Å²) in [5, 5.41) is 6.49. The SMILES string of the molecule is CC(=O)N[C@H]1CC[C@@H](C(F)(F)F)N(C(=O)Cc2cnn(C)c2)C1. The lowest BCUT2D eigenvalue weighted by molar-refractivity contribution is -0.197. The Morgan fingerprint density at radius 2 is 2.09 bits per heavy atom. The zero-order valence-electron chi connectivity index (χ0n) is 12.9. The van der Waals surface area contributed by atoms with E-state index in [1.54, 1.807) is 13.2 Å². The predicted octanol–water partition coefficient (Wildman–Crippen LogP) is 1.02. The summed E-state index contributed by atoms with van der Waals surface area (Å²) in [6.45, 7) is 1.17. The zero-order valence-corrected chi connectivity index (χ0v) is 12.9. The number of carbonyl (C=O) groups is 2. The number of rotatable bonds is 3. The number of piperidine rings is 1. The molecular weight excluding hydrogens is 313 g/mol. The van der Waals surface area contributed by atoms with Gasteiger partial charge in [-0.15, -0.1) is 0 Å². The molecule has 1 N–H and O–H groups in total. The van der Waals surface area contributed by atoms with E-state index in [1.807, 2.05) is 0 Å². The van der Waals surface area contributed by atoms with Gasteiger partial charge in [-0.3, -0.25) is 14.3 Å². The Bertz CT molecular complexity index is 585. The van der Waals surface area contributed by atoms with Crippen LogP contribution in [0.5, 0.6) is 0 Å². The van der Waals surface area contributed by atoms with Crippen LogP contribution < -0.4 is 5.32 Å². The standard InChI is InChI=1S/C14H19F3N4O2/c1-9(22)19-11-3-4-12(14(15,16)17)21(8-11)13(23)5-10-6-18-20(2)7-10/h6-7,11-12H,3-5,8H2,1-2H3,(H,19,22)/t11-,12-/m0/s1. The van der Waals surface area contributed by atoms with Crippen molar-refractivity contribution < 1.29 is 22.8 Å². The maximum Gasteiger partial charge on any atom is 0.408 e. The van der Waals surface area contributed by atoms with Crippen LogP contribution >= 0.6 is 0 Å². The maximum absolute atomic E-state index is 13.2. The minimum Gasteiger partial charge on any atom is -0.352 e. The second-order valence-corrected chi connectivity index (χ2v) is 5.78. The van der Waals surface area contributed by atoms with Crippen LogP contribution in [0.2, 0.25) is 0 Å². The second kappa shape index (κ2) is 6.59. The Hall–Kier alpha value is -2.06. The zero-order chi connectivity index (χ0) is 17.2. The van der Waals surface area contributed by atoms with E-state index in [2.05, 4.69) is 10.4 Å². The van der Waals surface area contributed by atoms with Gasteiger partial charge in [0.25, 0.3) is 0 Å². The average Bonchev–Trinajstić information content (AvgIpc) is 2.82. The van der Waals surface area contributed by atoms with Gasteiger partial charge < -0.3 is 10.2 Å². The molecule has 0 unspecified atom stereocenters. The number of nitrogens with one attached hydrogen (secondary N) is 1. The van der Waals surface area contributed by atoms with Crippen molar-refractivity contribution in [3.63, 3.8) is 0 Å². The summed E-state index contributed by atoms with van der Waals surface area (Å²) in [4.78, 5) is 24.3. The number of hydrogen-bond donors (Lipinski definition) is 1. The van der Waals surface area contributed by atoms with Gasteiger partial charge in [-0.05, 0) is 18.4 Å². The van der Waals surface area contributed by atoms with Gasteiger partial charge in [0, 0.05) is 32.8 Å². The van der Waals surface area contributed by atoms with Gasteiger partial charge in [0.05, 0.1) is 12.6 Å². The van der Waals surface area contributed by atoms with Crippen LogP contribution in [-0.2, 0) is 23.1 Å². The molecule has 0 aromatic carbocycles. The molecule has 0 radical (unpaired) electrons. The molecule has 2 atom stereocenters. The highest BCUT2D eigenvalue weighted by molar-refractivity contribution is 5.79. The van der Waals surface area contributed by atoms with Crippen LogP contribution in [0.4, 0.5) is 13.2 Å². The van der Waals surface area contributed by atoms with Crippen LogP contribution in [0.1, 0.15) is 25.3 Å². The summed E-state index contributed by atoms with van der Waals surface area (Å²) in [5.41, 5.74) is 0.556. The number of carbonyl (C=O) groups excluding carboxylic acids is 2. The molecule has 2 amide bonds. The third-order valence-electron chi connectivity index (χ3n) is 3.80. The number of amides is 2. The monoisotopic (exact) mass is 332 g/mol. The van der Waals surface area contributed by atoms with Gasteiger partial charge >= 0.3 is 6.18 Å². The lowest BCUT2D eigenvalue weighted by Crippen LogP contribution is -2.58. The van der Waals surface area contributed by atoms with Crippen molar-refractivity contribution in [3.8, 4) is 0 Å². The van der Waals surface area contributed by atoms with E-state index in [0.29, 0.717) is 5.56 Å². The average molecular weight is 332 g/mol. The van der Waals surface area contributed by atoms with Crippen molar-refractivity contribution in [2.45, 2.75) is 44.4 Å². The molecule has 1 aromatic rings. The topological polar surface area (TPSA) is 67.2 Å². The van der Waals surface area contributed by atoms with E-state index < -0.39 is 24.2 Å². The highest BCUT2D eigenvalue weighted by Gasteiger charge is 2.48. The van der Waals surface area contributed by atoms with Crippen LogP contribution in [0.25, 0.3) is 0 Å². The Morgan fingerprint density at radius 3 is 2.61 bits per heavy atom. The van der Waals surface area contributed by atoms with E-state index in [-0.39, 0.29) is 31.7 Å². The third-order valence-corrected chi connectivity index (χ3v) is 3.80. The molecule has 0 saturated carbocycles. The molecule has 0 bridgehead atoms. The summed E-state index contributed by atoms with van der Waals surface area (Å²) in [6.07, 6.45) is -1.60. The van der Waals surface area contributed by atoms with Crippen molar-refractivity contribution in [1.82, 2.24) is 20.0 Å². The van der Waals surface area contributed by atoms with Crippen molar-refractivity contribution in [2.75, 3.05) is 6.54 Å². The molecule has 0 spiro atoms. The fraction of sp³-hybridized carbons (Fsp3) is 0.643. The van der Waals surface area contributed by atoms with E-state index in [0.717, 1.165) is 4.90 Å². The quantitative estimate of drug-likeness (QED) is 0.899. The van der Waals surface area contributed by atoms with Crippen LogP contribution in [-0.4, -0.2) is 51.3 Å². The van der Waals surface area contributed by atoms with E-state index in [9.17, 15) is 22.8 Å². The first kappa shape index (κ1) is 17.3. The molecule has 1 aliphatic rings. The summed E-state index contributed by atoms with van der Waals surface area (Å²) in [5.74, 6) is -0.935. The number of halogens is 3. The summed E-state index contributed by atoms with van der Waals surface area (Å²) < 4.78 is 41.0. The normalized spacial score (nSPS) is 22.0. The fourth-order valence-electron chi connectivity index (χ4n) is 2.83. The number of likely N-dealkylation sites (tertiary alicyclic amines) is 1. The third kappa shape index (κ3) is 4.46. The molecule has 6 nitrogen and oxygen atoms in total. The molecule has 128 valence electrons. The van der Waals surface area contributed by atoms with Gasteiger partial charge in [-0.1, -0.05) is 0 Å². The van der Waals surface area contributed by atoms with Crippen molar-refractivity contribution in [2.24, 2.45) is 7.05 Å². The number of aryl methyl sites for hydroxylation is 1. The number of hydrogen-bond acceptors (Lipinski definition) is 3. The number of aromatic nitrogens is 2. The van der Waals surface area contributed by atoms with Gasteiger partial charge in [0.2, 0.25) is 11.8 Å². The molecular formula is C14H19F3N4O2. The molecule has 1 aromatic heterocycles. The van der Waals surface area contributed by atoms with Gasteiger partial charge in [-0.2, -0.15) is 18.3 Å². The van der Waals surface area contributed by atoms with Gasteiger partial charge in [-0.25, -0.2) is 0 Å². The number of nitrogens with zero attached hydrogens (tertiary/aromatic N) is 3. The van der Waals surface area contributed by atoms with Crippen LogP contribution in [0.3, 0.4) is 0 Å². The van der Waals surface area contributed by atoms with E-state index >= 15 is 0 Å². The molecule has 1 saturated heterocycles. The minimum atomic E-state index is -4.48. The molecule has 9 heteroatoms. The maximum atomic E-state index is 13.2. The van der Waals surface area contributed by atoms with Gasteiger partial charge in [0.1, 0.15) is 6.04 Å². The molecule has 23 heavy (non-hydrogen) atoms. The molecule has 1 aliphatic heterocycles.